The fourth-order valence-corrected chi connectivity index (χ4v) is 4.12. The Morgan fingerprint density at radius 2 is 2.16 bits per heavy atom. The van der Waals surface area contributed by atoms with Gasteiger partial charge in [0.1, 0.15) is 17.3 Å². The highest BCUT2D eigenvalue weighted by Gasteiger charge is 2.26. The lowest BCUT2D eigenvalue weighted by Crippen LogP contribution is -2.28. The zero-order valence-electron chi connectivity index (χ0n) is 14.0. The van der Waals surface area contributed by atoms with Crippen molar-refractivity contribution in [2.45, 2.75) is 26.2 Å². The lowest BCUT2D eigenvalue weighted by molar-refractivity contribution is -0.117. The predicted molar refractivity (Wildman–Crippen MR) is 95.5 cm³/mol. The van der Waals surface area contributed by atoms with Gasteiger partial charge in [-0.3, -0.25) is 9.69 Å². The maximum Gasteiger partial charge on any atom is 0.233 e. The molecule has 0 saturated heterocycles. The molecule has 6 heteroatoms. The third-order valence-electron chi connectivity index (χ3n) is 4.41. The summed E-state index contributed by atoms with van der Waals surface area (Å²) < 4.78 is 19.5. The van der Waals surface area contributed by atoms with Crippen LogP contribution in [0.25, 0.3) is 11.3 Å². The molecule has 0 unspecified atom stereocenters. The summed E-state index contributed by atoms with van der Waals surface area (Å²) in [4.78, 5) is 19.9. The van der Waals surface area contributed by atoms with Crippen LogP contribution in [0.1, 0.15) is 22.0 Å². The predicted octanol–water partition coefficient (Wildman–Crippen LogP) is 4.15. The number of fused-ring (bicyclic) bond motifs is 3. The van der Waals surface area contributed by atoms with Gasteiger partial charge in [-0.15, -0.1) is 11.3 Å². The number of halogens is 1. The van der Waals surface area contributed by atoms with Crippen LogP contribution in [0.5, 0.6) is 0 Å². The maximum atomic E-state index is 13.8. The second-order valence-electron chi connectivity index (χ2n) is 6.18. The number of thiazole rings is 1. The Hall–Kier alpha value is -2.47. The average molecular weight is 356 g/mol. The molecule has 1 aliphatic carbocycles. The molecule has 1 amide bonds. The van der Waals surface area contributed by atoms with Crippen LogP contribution < -0.4 is 4.90 Å². The minimum absolute atomic E-state index is 0.0173. The number of carbonyl (C=O) groups excluding carboxylic acids is 1. The molecule has 0 N–H and O–H groups in total. The van der Waals surface area contributed by atoms with Crippen molar-refractivity contribution in [1.82, 2.24) is 4.98 Å². The molecule has 2 heterocycles. The van der Waals surface area contributed by atoms with E-state index in [0.717, 1.165) is 40.5 Å². The van der Waals surface area contributed by atoms with Gasteiger partial charge in [0, 0.05) is 23.9 Å². The Bertz CT molecular complexity index is 960. The lowest BCUT2D eigenvalue weighted by Gasteiger charge is -2.13. The minimum atomic E-state index is -0.360. The summed E-state index contributed by atoms with van der Waals surface area (Å²) in [7, 11) is 1.69. The van der Waals surface area contributed by atoms with Crippen LogP contribution >= 0.6 is 11.3 Å². The van der Waals surface area contributed by atoms with Gasteiger partial charge in [-0.1, -0.05) is 18.2 Å². The zero-order valence-corrected chi connectivity index (χ0v) is 14.8. The molecule has 128 valence electrons. The van der Waals surface area contributed by atoms with Crippen LogP contribution in [0.3, 0.4) is 0 Å². The summed E-state index contributed by atoms with van der Waals surface area (Å²) >= 11 is 1.52. The van der Waals surface area contributed by atoms with Crippen LogP contribution in [0.15, 0.2) is 34.7 Å². The number of aromatic nitrogens is 1. The molecule has 2 aromatic heterocycles. The van der Waals surface area contributed by atoms with Crippen molar-refractivity contribution in [3.05, 3.63) is 58.1 Å². The number of anilines is 1. The highest BCUT2D eigenvalue weighted by molar-refractivity contribution is 7.16. The van der Waals surface area contributed by atoms with E-state index >= 15 is 0 Å². The number of amides is 1. The summed E-state index contributed by atoms with van der Waals surface area (Å²) in [6.07, 6.45) is 1.73. The summed E-state index contributed by atoms with van der Waals surface area (Å²) in [5.41, 5.74) is 2.33. The molecule has 1 aromatic carbocycles. The minimum Gasteiger partial charge on any atom is -0.466 e. The van der Waals surface area contributed by atoms with Gasteiger partial charge in [0.15, 0.2) is 5.13 Å². The monoisotopic (exact) mass is 356 g/mol. The molecule has 0 radical (unpaired) electrons. The van der Waals surface area contributed by atoms with Crippen LogP contribution in [0.4, 0.5) is 9.52 Å². The first-order valence-electron chi connectivity index (χ1n) is 8.12. The number of hydrogen-bond donors (Lipinski definition) is 0. The highest BCUT2D eigenvalue weighted by Crippen LogP contribution is 2.40. The molecule has 0 bridgehead atoms. The van der Waals surface area contributed by atoms with Gasteiger partial charge < -0.3 is 4.42 Å². The molecule has 0 saturated carbocycles. The van der Waals surface area contributed by atoms with Crippen molar-refractivity contribution in [3.8, 4) is 11.3 Å². The van der Waals surface area contributed by atoms with Gasteiger partial charge in [-0.2, -0.15) is 0 Å². The van der Waals surface area contributed by atoms with E-state index in [9.17, 15) is 9.18 Å². The van der Waals surface area contributed by atoms with E-state index < -0.39 is 0 Å². The molecule has 25 heavy (non-hydrogen) atoms. The van der Waals surface area contributed by atoms with Gasteiger partial charge >= 0.3 is 0 Å². The Labute approximate surface area is 148 Å². The first-order chi connectivity index (χ1) is 12.0. The van der Waals surface area contributed by atoms with Crippen LogP contribution in [-0.2, 0) is 24.1 Å². The maximum absolute atomic E-state index is 13.8. The Kier molecular flexibility index (Phi) is 3.92. The number of likely N-dealkylation sites (N-methyl/N-ethyl adjacent to an activating group) is 1. The zero-order chi connectivity index (χ0) is 17.6. The molecular weight excluding hydrogens is 339 g/mol. The van der Waals surface area contributed by atoms with E-state index in [0.29, 0.717) is 10.7 Å². The Morgan fingerprint density at radius 3 is 2.96 bits per heavy atom. The van der Waals surface area contributed by atoms with Gasteiger partial charge in [0.25, 0.3) is 0 Å². The van der Waals surface area contributed by atoms with Crippen molar-refractivity contribution in [2.75, 3.05) is 11.9 Å². The van der Waals surface area contributed by atoms with E-state index in [2.05, 4.69) is 4.98 Å². The molecule has 4 nitrogen and oxygen atoms in total. The van der Waals surface area contributed by atoms with Gasteiger partial charge in [-0.25, -0.2) is 9.37 Å². The number of hydrogen-bond acceptors (Lipinski definition) is 4. The van der Waals surface area contributed by atoms with Crippen LogP contribution in [-0.4, -0.2) is 17.9 Å². The number of aryl methyl sites for hydroxylation is 3. The number of nitrogens with zero attached hydrogens (tertiary/aromatic N) is 2. The van der Waals surface area contributed by atoms with Gasteiger partial charge in [-0.05, 0) is 31.0 Å². The average Bonchev–Trinajstić information content (AvgIpc) is 3.18. The van der Waals surface area contributed by atoms with Crippen LogP contribution in [0, 0.1) is 12.7 Å². The lowest BCUT2D eigenvalue weighted by atomic mass is 10.0. The normalized spacial score (nSPS) is 12.6. The largest absolute Gasteiger partial charge is 0.466 e. The second-order valence-corrected chi connectivity index (χ2v) is 7.25. The first-order valence-corrected chi connectivity index (χ1v) is 8.94. The highest BCUT2D eigenvalue weighted by atomic mass is 32.1. The molecular formula is C19H17FN2O2S. The molecule has 3 aromatic rings. The van der Waals surface area contributed by atoms with Crippen molar-refractivity contribution >= 4 is 22.4 Å². The van der Waals surface area contributed by atoms with Crippen molar-refractivity contribution in [1.29, 1.82) is 0 Å². The molecule has 0 aliphatic heterocycles. The molecule has 0 atom stereocenters. The van der Waals surface area contributed by atoms with Crippen molar-refractivity contribution in [2.24, 2.45) is 0 Å². The number of benzene rings is 1. The van der Waals surface area contributed by atoms with Crippen molar-refractivity contribution < 1.29 is 13.6 Å². The van der Waals surface area contributed by atoms with Crippen LogP contribution in [0.2, 0.25) is 0 Å². The topological polar surface area (TPSA) is 46.3 Å². The van der Waals surface area contributed by atoms with E-state index in [4.69, 9.17) is 4.42 Å². The number of furan rings is 1. The molecule has 0 spiro atoms. The summed E-state index contributed by atoms with van der Waals surface area (Å²) in [6, 6.07) is 8.35. The quantitative estimate of drug-likeness (QED) is 0.708. The molecule has 1 aliphatic rings. The summed E-state index contributed by atoms with van der Waals surface area (Å²) in [6.45, 7) is 1.93. The standard InChI is InChI=1S/C19H17FN2O2S/c1-11-9-13-15(24-11)7-8-16-18(13)21-19(25-16)22(2)17(23)10-12-5-3-4-6-14(12)20/h3-6,9H,7-8,10H2,1-2H3. The second kappa shape index (κ2) is 6.11. The molecule has 0 fully saturated rings. The van der Waals surface area contributed by atoms with E-state index in [-0.39, 0.29) is 18.1 Å². The van der Waals surface area contributed by atoms with Crippen molar-refractivity contribution in [3.63, 3.8) is 0 Å². The first kappa shape index (κ1) is 16.0. The smallest absolute Gasteiger partial charge is 0.233 e. The third-order valence-corrected chi connectivity index (χ3v) is 5.60. The SMILES string of the molecule is Cc1cc2c(o1)CCc1sc(N(C)C(=O)Cc3ccccc3F)nc1-2. The van der Waals surface area contributed by atoms with E-state index in [1.807, 2.05) is 13.0 Å². The van der Waals surface area contributed by atoms with E-state index in [1.54, 1.807) is 25.2 Å². The van der Waals surface area contributed by atoms with Gasteiger partial charge in [0.2, 0.25) is 5.91 Å². The number of carbonyl (C=O) groups is 1. The molecule has 4 rings (SSSR count). The summed E-state index contributed by atoms with van der Waals surface area (Å²) in [5, 5.41) is 0.637. The fourth-order valence-electron chi connectivity index (χ4n) is 3.07. The van der Waals surface area contributed by atoms with Gasteiger partial charge in [0.05, 0.1) is 12.1 Å². The fraction of sp³-hybridized carbons (Fsp3) is 0.263. The Balaban J connectivity index is 1.60. The summed E-state index contributed by atoms with van der Waals surface area (Å²) in [5.74, 6) is 1.29. The Morgan fingerprint density at radius 1 is 1.36 bits per heavy atom. The third kappa shape index (κ3) is 2.87. The van der Waals surface area contributed by atoms with E-state index in [1.165, 1.54) is 22.3 Å². The number of rotatable bonds is 3.